The molecule has 3 N–H and O–H groups in total. The molecule has 0 saturated carbocycles. The molecule has 0 spiro atoms. The number of halogens is 1. The number of ether oxygens (including phenoxy) is 1. The Labute approximate surface area is 216 Å². The zero-order chi connectivity index (χ0) is 25.2. The fraction of sp³-hybridized carbons (Fsp3) is 0.300. The Morgan fingerprint density at radius 3 is 2.76 bits per heavy atom. The summed E-state index contributed by atoms with van der Waals surface area (Å²) in [5, 5.41) is 7.30. The lowest BCUT2D eigenvalue weighted by Crippen LogP contribution is -2.40. The predicted molar refractivity (Wildman–Crippen MR) is 148 cm³/mol. The van der Waals surface area contributed by atoms with Crippen molar-refractivity contribution in [3.05, 3.63) is 89.5 Å². The number of benzene rings is 3. The summed E-state index contributed by atoms with van der Waals surface area (Å²) in [6, 6.07) is 21.7. The Morgan fingerprint density at radius 1 is 1.08 bits per heavy atom. The summed E-state index contributed by atoms with van der Waals surface area (Å²) in [6.45, 7) is 4.58. The van der Waals surface area contributed by atoms with Gasteiger partial charge in [0.15, 0.2) is 0 Å². The second kappa shape index (κ2) is 10.4. The maximum atomic E-state index is 14.4. The zero-order valence-corrected chi connectivity index (χ0v) is 21.1. The molecule has 0 bridgehead atoms. The average molecular weight is 498 g/mol. The SMILES string of the molecule is COCCN1CCC(Nc2ccc3c(c2)/C(=C(\c2cccc(F)c2)c2nc4ccccc4[nH]2)CN3)CC1. The number of para-hydroxylation sites is 2. The van der Waals surface area contributed by atoms with Gasteiger partial charge in [-0.05, 0) is 66.4 Å². The molecular formula is C30H32FN5O. The molecule has 1 saturated heterocycles. The summed E-state index contributed by atoms with van der Waals surface area (Å²) in [7, 11) is 1.76. The highest BCUT2D eigenvalue weighted by Crippen LogP contribution is 2.40. The standard InChI is InChI=1S/C30H32FN5O/c1-37-16-15-36-13-11-22(12-14-36)33-23-9-10-26-24(18-23)25(19-32-26)29(20-5-4-6-21(31)17-20)30-34-27-7-2-3-8-28(27)35-30/h2-10,17-18,22,32-33H,11-16,19H2,1H3,(H,34,35)/b29-25+. The first-order valence-electron chi connectivity index (χ1n) is 13.0. The maximum absolute atomic E-state index is 14.4. The number of nitrogens with one attached hydrogen (secondary N) is 3. The van der Waals surface area contributed by atoms with Crippen LogP contribution < -0.4 is 10.6 Å². The normalized spacial score (nSPS) is 17.6. The van der Waals surface area contributed by atoms with Crippen molar-refractivity contribution >= 4 is 33.6 Å². The first-order chi connectivity index (χ1) is 18.2. The molecule has 7 heteroatoms. The van der Waals surface area contributed by atoms with Gasteiger partial charge >= 0.3 is 0 Å². The van der Waals surface area contributed by atoms with E-state index in [-0.39, 0.29) is 5.82 Å². The van der Waals surface area contributed by atoms with E-state index >= 15 is 0 Å². The van der Waals surface area contributed by atoms with Gasteiger partial charge in [0.1, 0.15) is 11.6 Å². The number of fused-ring (bicyclic) bond motifs is 2. The lowest BCUT2D eigenvalue weighted by molar-refractivity contribution is 0.132. The van der Waals surface area contributed by atoms with Crippen LogP contribution in [-0.4, -0.2) is 60.8 Å². The monoisotopic (exact) mass is 497 g/mol. The van der Waals surface area contributed by atoms with E-state index in [0.29, 0.717) is 12.6 Å². The molecule has 2 aliphatic rings. The molecule has 0 atom stereocenters. The number of piperidine rings is 1. The van der Waals surface area contributed by atoms with Crippen LogP contribution in [0.15, 0.2) is 66.7 Å². The number of rotatable bonds is 7. The van der Waals surface area contributed by atoms with E-state index in [4.69, 9.17) is 9.72 Å². The number of aromatic amines is 1. The van der Waals surface area contributed by atoms with Crippen molar-refractivity contribution in [2.45, 2.75) is 18.9 Å². The van der Waals surface area contributed by atoms with Crippen molar-refractivity contribution in [1.82, 2.24) is 14.9 Å². The van der Waals surface area contributed by atoms with E-state index < -0.39 is 0 Å². The number of likely N-dealkylation sites (tertiary alicyclic amines) is 1. The Hall–Kier alpha value is -3.68. The molecule has 6 nitrogen and oxygen atoms in total. The highest BCUT2D eigenvalue weighted by atomic mass is 19.1. The summed E-state index contributed by atoms with van der Waals surface area (Å²) < 4.78 is 19.6. The lowest BCUT2D eigenvalue weighted by atomic mass is 9.94. The van der Waals surface area contributed by atoms with Gasteiger partial charge in [-0.1, -0.05) is 24.3 Å². The fourth-order valence-corrected chi connectivity index (χ4v) is 5.47. The van der Waals surface area contributed by atoms with Crippen molar-refractivity contribution < 1.29 is 9.13 Å². The summed E-state index contributed by atoms with van der Waals surface area (Å²) >= 11 is 0. The summed E-state index contributed by atoms with van der Waals surface area (Å²) in [6.07, 6.45) is 2.21. The zero-order valence-electron chi connectivity index (χ0n) is 21.1. The first-order valence-corrected chi connectivity index (χ1v) is 13.0. The molecule has 0 amide bonds. The lowest BCUT2D eigenvalue weighted by Gasteiger charge is -2.32. The number of hydrogen-bond acceptors (Lipinski definition) is 5. The molecule has 37 heavy (non-hydrogen) atoms. The minimum atomic E-state index is -0.259. The molecule has 3 heterocycles. The van der Waals surface area contributed by atoms with Crippen LogP contribution >= 0.6 is 0 Å². The molecule has 1 fully saturated rings. The van der Waals surface area contributed by atoms with Gasteiger partial charge in [-0.3, -0.25) is 0 Å². The number of imidazole rings is 1. The van der Waals surface area contributed by atoms with Crippen LogP contribution in [0.4, 0.5) is 15.8 Å². The highest BCUT2D eigenvalue weighted by molar-refractivity contribution is 6.04. The largest absolute Gasteiger partial charge is 0.383 e. The fourth-order valence-electron chi connectivity index (χ4n) is 5.47. The third-order valence-corrected chi connectivity index (χ3v) is 7.41. The molecule has 0 unspecified atom stereocenters. The summed E-state index contributed by atoms with van der Waals surface area (Å²) in [4.78, 5) is 10.8. The number of methoxy groups -OCH3 is 1. The smallest absolute Gasteiger partial charge is 0.139 e. The first kappa shape index (κ1) is 23.7. The van der Waals surface area contributed by atoms with E-state index in [0.717, 1.165) is 89.6 Å². The minimum absolute atomic E-state index is 0.259. The van der Waals surface area contributed by atoms with Crippen molar-refractivity contribution in [3.8, 4) is 0 Å². The van der Waals surface area contributed by atoms with Crippen molar-refractivity contribution in [2.24, 2.45) is 0 Å². The van der Waals surface area contributed by atoms with Gasteiger partial charge in [0.25, 0.3) is 0 Å². The number of H-pyrrole nitrogens is 1. The number of hydrogen-bond donors (Lipinski definition) is 3. The Morgan fingerprint density at radius 2 is 1.95 bits per heavy atom. The van der Waals surface area contributed by atoms with Crippen LogP contribution in [0.2, 0.25) is 0 Å². The third kappa shape index (κ3) is 4.97. The molecule has 0 aliphatic carbocycles. The van der Waals surface area contributed by atoms with Crippen LogP contribution in [0.5, 0.6) is 0 Å². The van der Waals surface area contributed by atoms with Gasteiger partial charge in [0.05, 0.1) is 17.6 Å². The van der Waals surface area contributed by atoms with Crippen LogP contribution in [0, 0.1) is 5.82 Å². The molecule has 3 aromatic carbocycles. The molecule has 4 aromatic rings. The van der Waals surface area contributed by atoms with Crippen molar-refractivity contribution in [1.29, 1.82) is 0 Å². The quantitative estimate of drug-likeness (QED) is 0.310. The molecule has 2 aliphatic heterocycles. The van der Waals surface area contributed by atoms with Crippen LogP contribution in [0.3, 0.4) is 0 Å². The van der Waals surface area contributed by atoms with Crippen LogP contribution in [0.25, 0.3) is 22.2 Å². The Kier molecular flexibility index (Phi) is 6.64. The number of aromatic nitrogens is 2. The minimum Gasteiger partial charge on any atom is -0.383 e. The van der Waals surface area contributed by atoms with E-state index in [2.05, 4.69) is 38.7 Å². The topological polar surface area (TPSA) is 65.2 Å². The second-order valence-electron chi connectivity index (χ2n) is 9.83. The van der Waals surface area contributed by atoms with Gasteiger partial charge in [0, 0.05) is 61.8 Å². The van der Waals surface area contributed by atoms with E-state index in [1.165, 1.54) is 6.07 Å². The summed E-state index contributed by atoms with van der Waals surface area (Å²) in [5.41, 5.74) is 8.02. The molecule has 0 radical (unpaired) electrons. The second-order valence-corrected chi connectivity index (χ2v) is 9.83. The molecule has 1 aromatic heterocycles. The molecular weight excluding hydrogens is 465 g/mol. The van der Waals surface area contributed by atoms with Crippen molar-refractivity contribution in [3.63, 3.8) is 0 Å². The van der Waals surface area contributed by atoms with E-state index in [9.17, 15) is 4.39 Å². The van der Waals surface area contributed by atoms with Gasteiger partial charge in [0.2, 0.25) is 0 Å². The van der Waals surface area contributed by atoms with Gasteiger partial charge in [-0.15, -0.1) is 0 Å². The number of anilines is 2. The maximum Gasteiger partial charge on any atom is 0.139 e. The molecule has 6 rings (SSSR count). The van der Waals surface area contributed by atoms with Crippen LogP contribution in [0.1, 0.15) is 29.8 Å². The van der Waals surface area contributed by atoms with Gasteiger partial charge in [-0.2, -0.15) is 0 Å². The van der Waals surface area contributed by atoms with E-state index in [1.54, 1.807) is 19.2 Å². The van der Waals surface area contributed by atoms with Crippen LogP contribution in [-0.2, 0) is 4.74 Å². The van der Waals surface area contributed by atoms with Crippen molar-refractivity contribution in [2.75, 3.05) is 50.5 Å². The predicted octanol–water partition coefficient (Wildman–Crippen LogP) is 5.61. The van der Waals surface area contributed by atoms with Gasteiger partial charge in [-0.25, -0.2) is 9.37 Å². The molecule has 190 valence electrons. The third-order valence-electron chi connectivity index (χ3n) is 7.41. The highest BCUT2D eigenvalue weighted by Gasteiger charge is 2.25. The summed E-state index contributed by atoms with van der Waals surface area (Å²) in [5.74, 6) is 0.489. The van der Waals surface area contributed by atoms with E-state index in [1.807, 2.05) is 30.3 Å². The Bertz CT molecular complexity index is 1400. The van der Waals surface area contributed by atoms with Gasteiger partial charge < -0.3 is 25.3 Å². The average Bonchev–Trinajstić information content (AvgIpc) is 3.53. The number of nitrogens with zero attached hydrogens (tertiary/aromatic N) is 2. The Balaban J connectivity index is 1.34.